The SMILES string of the molecule is CC(N)CCC(=O)N(C)Cc1nccs1.Cl.Cl. The van der Waals surface area contributed by atoms with E-state index in [1.807, 2.05) is 12.3 Å². The molecule has 0 bridgehead atoms. The molecular formula is C10H19Cl2N3OS. The van der Waals surface area contributed by atoms with Crippen molar-refractivity contribution in [2.45, 2.75) is 32.4 Å². The lowest BCUT2D eigenvalue weighted by atomic mass is 10.2. The van der Waals surface area contributed by atoms with Crippen LogP contribution in [0.5, 0.6) is 0 Å². The van der Waals surface area contributed by atoms with E-state index in [0.29, 0.717) is 13.0 Å². The Bertz CT molecular complexity index is 307. The number of hydrogen-bond acceptors (Lipinski definition) is 4. The molecule has 1 aromatic rings. The van der Waals surface area contributed by atoms with Crippen molar-refractivity contribution in [2.24, 2.45) is 5.73 Å². The number of aromatic nitrogens is 1. The monoisotopic (exact) mass is 299 g/mol. The minimum Gasteiger partial charge on any atom is -0.339 e. The van der Waals surface area contributed by atoms with Crippen LogP contribution in [0, 0.1) is 0 Å². The summed E-state index contributed by atoms with van der Waals surface area (Å²) in [6, 6.07) is 0.0854. The molecule has 1 rings (SSSR count). The molecule has 0 radical (unpaired) electrons. The van der Waals surface area contributed by atoms with Crippen molar-refractivity contribution in [3.05, 3.63) is 16.6 Å². The fourth-order valence-electron chi connectivity index (χ4n) is 1.16. The lowest BCUT2D eigenvalue weighted by molar-refractivity contribution is -0.130. The predicted octanol–water partition coefficient (Wildman–Crippen LogP) is 2.07. The summed E-state index contributed by atoms with van der Waals surface area (Å²) >= 11 is 1.56. The summed E-state index contributed by atoms with van der Waals surface area (Å²) in [5.41, 5.74) is 5.60. The van der Waals surface area contributed by atoms with Crippen LogP contribution in [-0.2, 0) is 11.3 Å². The first-order valence-corrected chi connectivity index (χ1v) is 5.85. The Morgan fingerprint density at radius 2 is 2.24 bits per heavy atom. The van der Waals surface area contributed by atoms with E-state index >= 15 is 0 Å². The second-order valence-electron chi connectivity index (χ2n) is 3.69. The molecule has 0 aliphatic carbocycles. The Morgan fingerprint density at radius 3 is 2.71 bits per heavy atom. The number of nitrogens with two attached hydrogens (primary N) is 1. The summed E-state index contributed by atoms with van der Waals surface area (Å²) in [4.78, 5) is 17.5. The zero-order chi connectivity index (χ0) is 11.3. The number of halogens is 2. The summed E-state index contributed by atoms with van der Waals surface area (Å²) in [7, 11) is 1.80. The number of thiazole rings is 1. The normalized spacial score (nSPS) is 11.0. The summed E-state index contributed by atoms with van der Waals surface area (Å²) in [5, 5.41) is 2.88. The van der Waals surface area contributed by atoms with Crippen LogP contribution in [0.4, 0.5) is 0 Å². The molecule has 0 saturated heterocycles. The molecule has 0 aromatic carbocycles. The van der Waals surface area contributed by atoms with Crippen molar-refractivity contribution in [2.75, 3.05) is 7.05 Å². The number of carbonyl (C=O) groups is 1. The van der Waals surface area contributed by atoms with Gasteiger partial charge < -0.3 is 10.6 Å². The van der Waals surface area contributed by atoms with E-state index in [9.17, 15) is 4.79 Å². The lowest BCUT2D eigenvalue weighted by Gasteiger charge is -2.16. The number of rotatable bonds is 5. The van der Waals surface area contributed by atoms with Gasteiger partial charge in [0.25, 0.3) is 0 Å². The van der Waals surface area contributed by atoms with Crippen molar-refractivity contribution >= 4 is 42.1 Å². The largest absolute Gasteiger partial charge is 0.339 e. The maximum Gasteiger partial charge on any atom is 0.222 e. The van der Waals surface area contributed by atoms with Gasteiger partial charge >= 0.3 is 0 Å². The van der Waals surface area contributed by atoms with Gasteiger partial charge in [0.15, 0.2) is 0 Å². The second kappa shape index (κ2) is 9.65. The molecule has 1 aromatic heterocycles. The van der Waals surface area contributed by atoms with Crippen molar-refractivity contribution < 1.29 is 4.79 Å². The highest BCUT2D eigenvalue weighted by molar-refractivity contribution is 7.09. The molecule has 0 aliphatic rings. The molecule has 0 spiro atoms. The maximum absolute atomic E-state index is 11.6. The van der Waals surface area contributed by atoms with E-state index in [-0.39, 0.29) is 36.8 Å². The maximum atomic E-state index is 11.6. The van der Waals surface area contributed by atoms with Gasteiger partial charge in [0.1, 0.15) is 5.01 Å². The molecule has 0 saturated carbocycles. The fraction of sp³-hybridized carbons (Fsp3) is 0.600. The molecular weight excluding hydrogens is 281 g/mol. The van der Waals surface area contributed by atoms with Crippen LogP contribution < -0.4 is 5.73 Å². The van der Waals surface area contributed by atoms with Crippen LogP contribution in [-0.4, -0.2) is 28.9 Å². The first-order valence-electron chi connectivity index (χ1n) is 4.97. The number of amides is 1. The number of nitrogens with zero attached hydrogens (tertiary/aromatic N) is 2. The topological polar surface area (TPSA) is 59.2 Å². The molecule has 2 N–H and O–H groups in total. The van der Waals surface area contributed by atoms with Crippen LogP contribution in [0.3, 0.4) is 0 Å². The van der Waals surface area contributed by atoms with E-state index in [0.717, 1.165) is 11.4 Å². The quantitative estimate of drug-likeness (QED) is 0.905. The Kier molecular flexibility index (Phi) is 10.8. The summed E-state index contributed by atoms with van der Waals surface area (Å²) in [5.74, 6) is 0.127. The Labute approximate surface area is 118 Å². The van der Waals surface area contributed by atoms with Gasteiger partial charge in [-0.05, 0) is 13.3 Å². The lowest BCUT2D eigenvalue weighted by Crippen LogP contribution is -2.27. The number of carbonyl (C=O) groups excluding carboxylic acids is 1. The van der Waals surface area contributed by atoms with Crippen molar-refractivity contribution in [1.29, 1.82) is 0 Å². The molecule has 0 fully saturated rings. The Balaban J connectivity index is 0. The van der Waals surface area contributed by atoms with E-state index in [1.165, 1.54) is 0 Å². The summed E-state index contributed by atoms with van der Waals surface area (Å²) in [6.07, 6.45) is 3.00. The third-order valence-corrected chi connectivity index (χ3v) is 2.86. The van der Waals surface area contributed by atoms with Gasteiger partial charge in [-0.2, -0.15) is 0 Å². The third-order valence-electron chi connectivity index (χ3n) is 2.10. The van der Waals surface area contributed by atoms with Gasteiger partial charge in [0, 0.05) is 31.1 Å². The van der Waals surface area contributed by atoms with E-state index in [1.54, 1.807) is 29.5 Å². The first kappa shape index (κ1) is 19.0. The zero-order valence-electron chi connectivity index (χ0n) is 9.96. The molecule has 1 atom stereocenters. The summed E-state index contributed by atoms with van der Waals surface area (Å²) < 4.78 is 0. The molecule has 0 aliphatic heterocycles. The van der Waals surface area contributed by atoms with Gasteiger partial charge in [0.2, 0.25) is 5.91 Å². The molecule has 7 heteroatoms. The Morgan fingerprint density at radius 1 is 1.59 bits per heavy atom. The molecule has 1 heterocycles. The highest BCUT2D eigenvalue weighted by atomic mass is 35.5. The van der Waals surface area contributed by atoms with Gasteiger partial charge in [-0.25, -0.2) is 4.98 Å². The molecule has 1 unspecified atom stereocenters. The van der Waals surface area contributed by atoms with Crippen LogP contribution in [0.25, 0.3) is 0 Å². The van der Waals surface area contributed by atoms with Gasteiger partial charge in [-0.3, -0.25) is 4.79 Å². The Hall–Kier alpha value is -0.360. The molecule has 4 nitrogen and oxygen atoms in total. The van der Waals surface area contributed by atoms with Crippen LogP contribution in [0.15, 0.2) is 11.6 Å². The number of hydrogen-bond donors (Lipinski definition) is 1. The fourth-order valence-corrected chi connectivity index (χ4v) is 1.83. The predicted molar refractivity (Wildman–Crippen MR) is 76.0 cm³/mol. The standard InChI is InChI=1S/C10H17N3OS.2ClH/c1-8(11)3-4-10(14)13(2)7-9-12-5-6-15-9;;/h5-6,8H,3-4,7,11H2,1-2H3;2*1H. The minimum atomic E-state index is 0. The smallest absolute Gasteiger partial charge is 0.222 e. The molecule has 1 amide bonds. The highest BCUT2D eigenvalue weighted by Crippen LogP contribution is 2.08. The van der Waals surface area contributed by atoms with Crippen molar-refractivity contribution in [1.82, 2.24) is 9.88 Å². The second-order valence-corrected chi connectivity index (χ2v) is 4.67. The van der Waals surface area contributed by atoms with Gasteiger partial charge in [0.05, 0.1) is 6.54 Å². The van der Waals surface area contributed by atoms with Crippen molar-refractivity contribution in [3.63, 3.8) is 0 Å². The van der Waals surface area contributed by atoms with Crippen LogP contribution in [0.2, 0.25) is 0 Å². The van der Waals surface area contributed by atoms with E-state index in [4.69, 9.17) is 5.73 Å². The van der Waals surface area contributed by atoms with Gasteiger partial charge in [-0.1, -0.05) is 0 Å². The van der Waals surface area contributed by atoms with Crippen molar-refractivity contribution in [3.8, 4) is 0 Å². The molecule has 100 valence electrons. The summed E-state index contributed by atoms with van der Waals surface area (Å²) in [6.45, 7) is 2.50. The zero-order valence-corrected chi connectivity index (χ0v) is 12.4. The highest BCUT2D eigenvalue weighted by Gasteiger charge is 2.10. The van der Waals surface area contributed by atoms with E-state index in [2.05, 4.69) is 4.98 Å². The van der Waals surface area contributed by atoms with Crippen LogP contribution >= 0.6 is 36.2 Å². The first-order chi connectivity index (χ1) is 7.09. The van der Waals surface area contributed by atoms with Gasteiger partial charge in [-0.15, -0.1) is 36.2 Å². The molecule has 17 heavy (non-hydrogen) atoms. The average molecular weight is 300 g/mol. The van der Waals surface area contributed by atoms with E-state index < -0.39 is 0 Å². The van der Waals surface area contributed by atoms with Crippen LogP contribution in [0.1, 0.15) is 24.8 Å². The minimum absolute atomic E-state index is 0. The average Bonchev–Trinajstić information content (AvgIpc) is 2.66. The third kappa shape index (κ3) is 7.54.